The van der Waals surface area contributed by atoms with Crippen LogP contribution in [0.15, 0.2) is 55.6 Å². The molecule has 2 rings (SSSR count). The van der Waals surface area contributed by atoms with E-state index in [1.54, 1.807) is 6.08 Å². The Kier molecular flexibility index (Phi) is 8.45. The first kappa shape index (κ1) is 22.2. The van der Waals surface area contributed by atoms with Gasteiger partial charge in [-0.1, -0.05) is 42.5 Å². The van der Waals surface area contributed by atoms with Crippen LogP contribution in [0.4, 0.5) is 4.79 Å². The Hall–Kier alpha value is -3.09. The molecular weight excluding hydrogens is 372 g/mol. The summed E-state index contributed by atoms with van der Waals surface area (Å²) in [6, 6.07) is 8.49. The van der Waals surface area contributed by atoms with Crippen molar-refractivity contribution in [3.8, 4) is 0 Å². The molecule has 7 heteroatoms. The fourth-order valence-corrected chi connectivity index (χ4v) is 3.47. The van der Waals surface area contributed by atoms with Crippen molar-refractivity contribution < 1.29 is 23.9 Å². The van der Waals surface area contributed by atoms with Gasteiger partial charge in [-0.05, 0) is 24.8 Å². The van der Waals surface area contributed by atoms with Gasteiger partial charge in [-0.2, -0.15) is 0 Å². The molecule has 0 spiro atoms. The van der Waals surface area contributed by atoms with Crippen molar-refractivity contribution >= 4 is 18.0 Å². The fraction of sp³-hybridized carbons (Fsp3) is 0.409. The van der Waals surface area contributed by atoms with Gasteiger partial charge in [0.15, 0.2) is 0 Å². The van der Waals surface area contributed by atoms with E-state index < -0.39 is 18.1 Å². The fourth-order valence-electron chi connectivity index (χ4n) is 3.47. The summed E-state index contributed by atoms with van der Waals surface area (Å²) in [7, 11) is 1.30. The largest absolute Gasteiger partial charge is 0.467 e. The van der Waals surface area contributed by atoms with Crippen molar-refractivity contribution in [3.05, 3.63) is 61.2 Å². The molecule has 1 fully saturated rings. The molecule has 1 aliphatic rings. The lowest BCUT2D eigenvalue weighted by Gasteiger charge is -2.31. The normalized spacial score (nSPS) is 18.0. The number of carbonyl (C=O) groups excluding carboxylic acids is 3. The molecule has 2 atom stereocenters. The molecule has 156 valence electrons. The molecule has 1 aromatic carbocycles. The lowest BCUT2D eigenvalue weighted by Crippen LogP contribution is -2.50. The number of methoxy groups -OCH3 is 1. The molecule has 1 aromatic rings. The Balaban J connectivity index is 2.07. The van der Waals surface area contributed by atoms with Gasteiger partial charge in [0, 0.05) is 12.6 Å². The standard InChI is InChI=1S/C22H28N2O5/c1-4-9-18-12-13-19(21(26)28-3)24(18)20(25)15-23(14-5-2)22(27)29-16-17-10-7-6-8-11-17/h4-8,10-11,18-19H,1-2,9,12-16H2,3H3/t18-,19-/m0/s1. The summed E-state index contributed by atoms with van der Waals surface area (Å²) in [5.74, 6) is -0.782. The predicted molar refractivity (Wildman–Crippen MR) is 109 cm³/mol. The van der Waals surface area contributed by atoms with E-state index >= 15 is 0 Å². The second kappa shape index (κ2) is 11.0. The van der Waals surface area contributed by atoms with Gasteiger partial charge in [0.2, 0.25) is 5.91 Å². The van der Waals surface area contributed by atoms with E-state index in [-0.39, 0.29) is 31.6 Å². The highest BCUT2D eigenvalue weighted by Gasteiger charge is 2.41. The average molecular weight is 400 g/mol. The number of carbonyl (C=O) groups is 3. The maximum Gasteiger partial charge on any atom is 0.410 e. The van der Waals surface area contributed by atoms with Gasteiger partial charge >= 0.3 is 12.1 Å². The van der Waals surface area contributed by atoms with Gasteiger partial charge in [0.25, 0.3) is 0 Å². The quantitative estimate of drug-likeness (QED) is 0.471. The monoisotopic (exact) mass is 400 g/mol. The number of ether oxygens (including phenoxy) is 2. The minimum atomic E-state index is -0.650. The molecule has 7 nitrogen and oxygen atoms in total. The van der Waals surface area contributed by atoms with Crippen LogP contribution in [0.1, 0.15) is 24.8 Å². The first-order valence-electron chi connectivity index (χ1n) is 9.58. The van der Waals surface area contributed by atoms with Gasteiger partial charge < -0.3 is 14.4 Å². The molecule has 0 aliphatic carbocycles. The van der Waals surface area contributed by atoms with Crippen molar-refractivity contribution in [2.24, 2.45) is 0 Å². The van der Waals surface area contributed by atoms with E-state index in [4.69, 9.17) is 9.47 Å². The lowest BCUT2D eigenvalue weighted by atomic mass is 10.1. The van der Waals surface area contributed by atoms with Gasteiger partial charge in [-0.15, -0.1) is 13.2 Å². The number of nitrogens with zero attached hydrogens (tertiary/aromatic N) is 2. The Bertz CT molecular complexity index is 734. The van der Waals surface area contributed by atoms with E-state index in [1.807, 2.05) is 30.3 Å². The van der Waals surface area contributed by atoms with Gasteiger partial charge in [0.1, 0.15) is 19.2 Å². The minimum Gasteiger partial charge on any atom is -0.467 e. The Morgan fingerprint density at radius 2 is 1.90 bits per heavy atom. The highest BCUT2D eigenvalue weighted by atomic mass is 16.6. The van der Waals surface area contributed by atoms with Crippen LogP contribution in [0, 0.1) is 0 Å². The molecule has 0 radical (unpaired) electrons. The van der Waals surface area contributed by atoms with Crippen molar-refractivity contribution in [3.63, 3.8) is 0 Å². The SMILES string of the molecule is C=CC[C@H]1CC[C@@H](C(=O)OC)N1C(=O)CN(CC=C)C(=O)OCc1ccccc1. The average Bonchev–Trinajstić information content (AvgIpc) is 3.16. The Morgan fingerprint density at radius 3 is 2.52 bits per heavy atom. The van der Waals surface area contributed by atoms with E-state index in [1.165, 1.54) is 23.0 Å². The van der Waals surface area contributed by atoms with Crippen molar-refractivity contribution in [2.45, 2.75) is 38.0 Å². The number of hydrogen-bond acceptors (Lipinski definition) is 5. The van der Waals surface area contributed by atoms with E-state index in [9.17, 15) is 14.4 Å². The Morgan fingerprint density at radius 1 is 1.17 bits per heavy atom. The molecule has 29 heavy (non-hydrogen) atoms. The van der Waals surface area contributed by atoms with Gasteiger partial charge in [-0.3, -0.25) is 9.69 Å². The molecular formula is C22H28N2O5. The third-order valence-electron chi connectivity index (χ3n) is 4.84. The van der Waals surface area contributed by atoms with Crippen molar-refractivity contribution in [1.82, 2.24) is 9.80 Å². The molecule has 1 aliphatic heterocycles. The van der Waals surface area contributed by atoms with Crippen LogP contribution in [0.2, 0.25) is 0 Å². The van der Waals surface area contributed by atoms with E-state index in [0.717, 1.165) is 5.56 Å². The van der Waals surface area contributed by atoms with Gasteiger partial charge in [0.05, 0.1) is 7.11 Å². The summed E-state index contributed by atoms with van der Waals surface area (Å²) in [6.45, 7) is 7.43. The second-order valence-corrected chi connectivity index (χ2v) is 6.80. The number of amides is 2. The zero-order valence-corrected chi connectivity index (χ0v) is 16.8. The zero-order chi connectivity index (χ0) is 21.2. The van der Waals surface area contributed by atoms with Gasteiger partial charge in [-0.25, -0.2) is 9.59 Å². The Labute approximate surface area is 171 Å². The zero-order valence-electron chi connectivity index (χ0n) is 16.8. The third-order valence-corrected chi connectivity index (χ3v) is 4.84. The highest BCUT2D eigenvalue weighted by Crippen LogP contribution is 2.28. The summed E-state index contributed by atoms with van der Waals surface area (Å²) >= 11 is 0. The number of benzene rings is 1. The molecule has 1 saturated heterocycles. The van der Waals surface area contributed by atoms with Crippen molar-refractivity contribution in [1.29, 1.82) is 0 Å². The second-order valence-electron chi connectivity index (χ2n) is 6.80. The van der Waals surface area contributed by atoms with Crippen LogP contribution in [0.25, 0.3) is 0 Å². The summed E-state index contributed by atoms with van der Waals surface area (Å²) in [5, 5.41) is 0. The van der Waals surface area contributed by atoms with Crippen LogP contribution >= 0.6 is 0 Å². The summed E-state index contributed by atoms with van der Waals surface area (Å²) in [6.07, 6.45) is 4.41. The van der Waals surface area contributed by atoms with Crippen LogP contribution in [-0.2, 0) is 25.7 Å². The molecule has 1 heterocycles. The molecule has 2 amide bonds. The third kappa shape index (κ3) is 5.94. The highest BCUT2D eigenvalue weighted by molar-refractivity contribution is 5.88. The van der Waals surface area contributed by atoms with Crippen LogP contribution < -0.4 is 0 Å². The minimum absolute atomic E-state index is 0.106. The molecule has 0 N–H and O–H groups in total. The topological polar surface area (TPSA) is 76.2 Å². The predicted octanol–water partition coefficient (Wildman–Crippen LogP) is 2.92. The maximum absolute atomic E-state index is 13.0. The lowest BCUT2D eigenvalue weighted by molar-refractivity contribution is -0.152. The molecule has 0 saturated carbocycles. The number of hydrogen-bond donors (Lipinski definition) is 0. The van der Waals surface area contributed by atoms with Crippen LogP contribution in [0.5, 0.6) is 0 Å². The number of likely N-dealkylation sites (tertiary alicyclic amines) is 1. The molecule has 0 unspecified atom stereocenters. The van der Waals surface area contributed by atoms with Crippen molar-refractivity contribution in [2.75, 3.05) is 20.2 Å². The first-order chi connectivity index (χ1) is 14.0. The van der Waals surface area contributed by atoms with E-state index in [0.29, 0.717) is 19.3 Å². The maximum atomic E-state index is 13.0. The smallest absolute Gasteiger partial charge is 0.410 e. The summed E-state index contributed by atoms with van der Waals surface area (Å²) < 4.78 is 10.2. The number of rotatable bonds is 9. The number of esters is 1. The summed E-state index contributed by atoms with van der Waals surface area (Å²) in [4.78, 5) is 40.5. The summed E-state index contributed by atoms with van der Waals surface area (Å²) in [5.41, 5.74) is 0.849. The first-order valence-corrected chi connectivity index (χ1v) is 9.58. The molecule has 0 aromatic heterocycles. The van der Waals surface area contributed by atoms with E-state index in [2.05, 4.69) is 13.2 Å². The molecule has 0 bridgehead atoms. The van der Waals surface area contributed by atoms with Crippen LogP contribution in [-0.4, -0.2) is 60.1 Å². The van der Waals surface area contributed by atoms with Crippen LogP contribution in [0.3, 0.4) is 0 Å².